The number of carboxylic acids is 1. The first-order valence-electron chi connectivity index (χ1n) is 13.6. The molecule has 0 bridgehead atoms. The van der Waals surface area contributed by atoms with Crippen LogP contribution in [0.3, 0.4) is 0 Å². The van der Waals surface area contributed by atoms with Gasteiger partial charge in [-0.05, 0) is 60.5 Å². The van der Waals surface area contributed by atoms with Crippen molar-refractivity contribution < 1.29 is 38.3 Å². The summed E-state index contributed by atoms with van der Waals surface area (Å²) in [5.74, 6) is -0.906. The Labute approximate surface area is 250 Å². The molecule has 1 amide bonds. The van der Waals surface area contributed by atoms with Crippen LogP contribution in [0.5, 0.6) is 0 Å². The van der Waals surface area contributed by atoms with Gasteiger partial charge in [0.05, 0.1) is 24.7 Å². The molecule has 1 aliphatic rings. The minimum absolute atomic E-state index is 0. The third-order valence-corrected chi connectivity index (χ3v) is 7.68. The maximum atomic E-state index is 13.4. The van der Waals surface area contributed by atoms with E-state index in [1.165, 1.54) is 0 Å². The number of carboxylic acid groups (broad SMARTS) is 1. The Morgan fingerprint density at radius 3 is 2.49 bits per heavy atom. The van der Waals surface area contributed by atoms with Gasteiger partial charge in [-0.25, -0.2) is 0 Å². The average molecular weight is 545 g/mol. The second-order valence-corrected chi connectivity index (χ2v) is 10.9. The van der Waals surface area contributed by atoms with Gasteiger partial charge < -0.3 is 20.0 Å². The van der Waals surface area contributed by atoms with Gasteiger partial charge in [-0.3, -0.25) is 9.69 Å². The number of aryl methyl sites for hydroxylation is 1. The number of carbonyl (C=O) groups excluding carboxylic acids is 2. The Morgan fingerprint density at radius 2 is 1.82 bits per heavy atom. The van der Waals surface area contributed by atoms with Crippen LogP contribution in [0.1, 0.15) is 55.7 Å². The van der Waals surface area contributed by atoms with Crippen LogP contribution >= 0.6 is 11.8 Å². The van der Waals surface area contributed by atoms with Crippen LogP contribution in [0, 0.1) is 6.92 Å². The first-order chi connectivity index (χ1) is 18.4. The summed E-state index contributed by atoms with van der Waals surface area (Å²) >= 11 is 1.55. The summed E-state index contributed by atoms with van der Waals surface area (Å²) in [5, 5.41) is 14.4. The predicted octanol–water partition coefficient (Wildman–Crippen LogP) is 1.22. The van der Waals surface area contributed by atoms with E-state index < -0.39 is 12.0 Å². The predicted molar refractivity (Wildman–Crippen MR) is 154 cm³/mol. The Balaban J connectivity index is 0.00000533. The van der Waals surface area contributed by atoms with Gasteiger partial charge in [-0.1, -0.05) is 74.4 Å². The van der Waals surface area contributed by atoms with E-state index in [9.17, 15) is 14.7 Å². The zero-order valence-corrected chi connectivity index (χ0v) is 24.7. The van der Waals surface area contributed by atoms with Crippen molar-refractivity contribution in [2.45, 2.75) is 64.7 Å². The average Bonchev–Trinajstić information content (AvgIpc) is 2.93. The van der Waals surface area contributed by atoms with Crippen LogP contribution in [0.4, 0.5) is 0 Å². The van der Waals surface area contributed by atoms with E-state index in [0.717, 1.165) is 54.6 Å². The van der Waals surface area contributed by atoms with Gasteiger partial charge in [-0.2, -0.15) is 11.8 Å². The van der Waals surface area contributed by atoms with Crippen molar-refractivity contribution in [3.05, 3.63) is 76.9 Å². The topological polar surface area (TPSA) is 81.7 Å². The standard InChI is InChI=1S/C31H42N2O4S.Li/c1-4-5-14-25(37-22-24-12-7-6-8-13-24)20-33-18-16-27(28(21-33)26-15-10-9-11-23(26)2)30(34)32-29(31(35)36)17-19-38-3;/h6-13,15,25,29H,4-5,14,16-22H2,1-3H3,(H,32,34)(H,35,36);/q;+1/p-1. The molecule has 1 heterocycles. The molecular weight excluding hydrogens is 503 g/mol. The molecule has 1 aliphatic heterocycles. The molecule has 1 N–H and O–H groups in total. The van der Waals surface area contributed by atoms with Crippen LogP contribution in [-0.2, 0) is 20.9 Å². The number of amides is 1. The molecule has 0 fully saturated rings. The number of nitrogens with one attached hydrogen (secondary N) is 1. The number of benzene rings is 2. The van der Waals surface area contributed by atoms with Crippen molar-refractivity contribution in [3.63, 3.8) is 0 Å². The molecule has 8 heteroatoms. The molecule has 0 spiro atoms. The van der Waals surface area contributed by atoms with Gasteiger partial charge >= 0.3 is 18.9 Å². The second-order valence-electron chi connectivity index (χ2n) is 9.94. The van der Waals surface area contributed by atoms with E-state index in [1.807, 2.05) is 55.6 Å². The van der Waals surface area contributed by atoms with Crippen molar-refractivity contribution in [3.8, 4) is 0 Å². The number of carbonyl (C=O) groups is 2. The summed E-state index contributed by atoms with van der Waals surface area (Å²) in [6, 6.07) is 17.3. The second kappa shape index (κ2) is 17.6. The number of hydrogen-bond donors (Lipinski definition) is 1. The molecule has 2 aromatic carbocycles. The summed E-state index contributed by atoms with van der Waals surface area (Å²) in [6.45, 7) is 6.94. The molecule has 0 radical (unpaired) electrons. The molecule has 2 aromatic rings. The van der Waals surface area contributed by atoms with Gasteiger partial charge in [0.25, 0.3) is 0 Å². The molecule has 206 valence electrons. The molecule has 0 saturated heterocycles. The van der Waals surface area contributed by atoms with Crippen LogP contribution in [0.15, 0.2) is 60.2 Å². The SMILES string of the molecule is CCCCC(CN1CCC(C(=O)NC(CCSC)C(=O)[O-])=C(c2ccccc2C)C1)OCc1ccccc1.[Li+]. The Hall–Kier alpha value is -2.01. The van der Waals surface area contributed by atoms with Gasteiger partial charge in [0.2, 0.25) is 5.91 Å². The molecule has 0 aromatic heterocycles. The van der Waals surface area contributed by atoms with Crippen molar-refractivity contribution in [1.29, 1.82) is 0 Å². The number of hydrogen-bond acceptors (Lipinski definition) is 6. The fourth-order valence-corrected chi connectivity index (χ4v) is 5.32. The van der Waals surface area contributed by atoms with Gasteiger partial charge in [0, 0.05) is 25.2 Å². The maximum Gasteiger partial charge on any atom is 1.00 e. The third kappa shape index (κ3) is 10.5. The van der Waals surface area contributed by atoms with E-state index in [0.29, 0.717) is 37.3 Å². The summed E-state index contributed by atoms with van der Waals surface area (Å²) < 4.78 is 6.38. The van der Waals surface area contributed by atoms with E-state index in [2.05, 4.69) is 29.3 Å². The van der Waals surface area contributed by atoms with Crippen molar-refractivity contribution >= 4 is 29.2 Å². The van der Waals surface area contributed by atoms with E-state index in [1.54, 1.807) is 11.8 Å². The Morgan fingerprint density at radius 1 is 1.10 bits per heavy atom. The minimum Gasteiger partial charge on any atom is -0.548 e. The van der Waals surface area contributed by atoms with Crippen LogP contribution in [-0.4, -0.2) is 60.6 Å². The zero-order valence-electron chi connectivity index (χ0n) is 23.9. The molecule has 0 saturated carbocycles. The van der Waals surface area contributed by atoms with E-state index in [-0.39, 0.29) is 30.9 Å². The summed E-state index contributed by atoms with van der Waals surface area (Å²) in [5.41, 5.74) is 4.92. The maximum absolute atomic E-state index is 13.4. The normalized spacial score (nSPS) is 15.4. The van der Waals surface area contributed by atoms with Crippen LogP contribution < -0.4 is 29.3 Å². The molecule has 2 unspecified atom stereocenters. The largest absolute Gasteiger partial charge is 1.00 e. The van der Waals surface area contributed by atoms with E-state index >= 15 is 0 Å². The van der Waals surface area contributed by atoms with Gasteiger partial charge in [0.1, 0.15) is 0 Å². The number of aliphatic carboxylic acids is 1. The first-order valence-corrected chi connectivity index (χ1v) is 15.0. The van der Waals surface area contributed by atoms with Crippen molar-refractivity contribution in [2.24, 2.45) is 0 Å². The number of nitrogens with zero attached hydrogens (tertiary/aromatic N) is 1. The number of thioether (sulfide) groups is 1. The zero-order chi connectivity index (χ0) is 27.3. The quantitative estimate of drug-likeness (QED) is 0.340. The van der Waals surface area contributed by atoms with Crippen LogP contribution in [0.25, 0.3) is 5.57 Å². The summed E-state index contributed by atoms with van der Waals surface area (Å²) in [7, 11) is 0. The summed E-state index contributed by atoms with van der Waals surface area (Å²) in [6.07, 6.45) is 6.10. The third-order valence-electron chi connectivity index (χ3n) is 7.04. The summed E-state index contributed by atoms with van der Waals surface area (Å²) in [4.78, 5) is 27.4. The molecule has 39 heavy (non-hydrogen) atoms. The molecule has 0 aliphatic carbocycles. The Bertz CT molecular complexity index is 1080. The van der Waals surface area contributed by atoms with Crippen molar-refractivity contribution in [1.82, 2.24) is 10.2 Å². The Kier molecular flexibility index (Phi) is 15.0. The van der Waals surface area contributed by atoms with Gasteiger partial charge in [-0.15, -0.1) is 0 Å². The first kappa shape index (κ1) is 33.2. The fraction of sp³-hybridized carbons (Fsp3) is 0.484. The molecule has 2 atom stereocenters. The molecule has 3 rings (SSSR count). The van der Waals surface area contributed by atoms with Crippen LogP contribution in [0.2, 0.25) is 0 Å². The monoisotopic (exact) mass is 544 g/mol. The molecular formula is C31H41LiN2O4S. The van der Waals surface area contributed by atoms with Gasteiger partial charge in [0.15, 0.2) is 0 Å². The fourth-order valence-electron chi connectivity index (χ4n) is 4.85. The minimum atomic E-state index is -1.24. The number of rotatable bonds is 15. The van der Waals surface area contributed by atoms with Crippen molar-refractivity contribution in [2.75, 3.05) is 31.6 Å². The smallest absolute Gasteiger partial charge is 0.548 e. The number of unbranched alkanes of at least 4 members (excludes halogenated alkanes) is 1. The van der Waals surface area contributed by atoms with E-state index in [4.69, 9.17) is 4.74 Å². The number of ether oxygens (including phenoxy) is 1. The molecule has 6 nitrogen and oxygen atoms in total.